The van der Waals surface area contributed by atoms with Crippen molar-refractivity contribution in [2.75, 3.05) is 18.0 Å². The third-order valence-corrected chi connectivity index (χ3v) is 10.2. The molecule has 11 heteroatoms. The molecule has 0 radical (unpaired) electrons. The van der Waals surface area contributed by atoms with Crippen LogP contribution in [-0.4, -0.2) is 69.2 Å². The number of carbonyl (C=O) groups is 3. The molecule has 3 aromatic carbocycles. The molecule has 0 bridgehead atoms. The molecule has 2 aliphatic heterocycles. The number of hydrogen-bond acceptors (Lipinski definition) is 9. The van der Waals surface area contributed by atoms with Crippen LogP contribution in [0.15, 0.2) is 85.1 Å². The zero-order chi connectivity index (χ0) is 37.5. The summed E-state index contributed by atoms with van der Waals surface area (Å²) >= 11 is 0. The molecule has 4 aromatic rings. The molecule has 1 N–H and O–H groups in total. The summed E-state index contributed by atoms with van der Waals surface area (Å²) < 4.78 is 17.7. The normalized spacial score (nSPS) is 19.4. The number of nitrogens with one attached hydrogen (secondary N) is 1. The molecule has 0 spiro atoms. The molecule has 2 fully saturated rings. The number of nitrogens with zero attached hydrogens (tertiary/aromatic N) is 4. The number of carbonyl (C=O) groups excluding carboxylic acids is 3. The van der Waals surface area contributed by atoms with Crippen LogP contribution >= 0.6 is 0 Å². The SMILES string of the molecule is CC1(NC(=O)OC(C)(C)C)CN(c2nccc(COc3ccc(C(C)(C)c4ccc(OC5CC(N6C(=O)Cc7ccccc7C6=O)C5)cc4)cc3)n2)C1. The minimum atomic E-state index is -0.555. The number of anilines is 1. The molecule has 0 atom stereocenters. The van der Waals surface area contributed by atoms with E-state index in [0.717, 1.165) is 33.9 Å². The Morgan fingerprint density at radius 1 is 0.887 bits per heavy atom. The predicted molar refractivity (Wildman–Crippen MR) is 200 cm³/mol. The van der Waals surface area contributed by atoms with Gasteiger partial charge in [-0.25, -0.2) is 14.8 Å². The Morgan fingerprint density at radius 2 is 1.53 bits per heavy atom. The summed E-state index contributed by atoms with van der Waals surface area (Å²) in [6.45, 7) is 13.3. The van der Waals surface area contributed by atoms with Crippen LogP contribution < -0.4 is 19.7 Å². The van der Waals surface area contributed by atoms with Crippen molar-refractivity contribution >= 4 is 23.9 Å². The van der Waals surface area contributed by atoms with E-state index in [4.69, 9.17) is 14.2 Å². The molecule has 53 heavy (non-hydrogen) atoms. The van der Waals surface area contributed by atoms with Crippen molar-refractivity contribution in [3.8, 4) is 11.5 Å². The highest BCUT2D eigenvalue weighted by Gasteiger charge is 2.44. The molecule has 11 nitrogen and oxygen atoms in total. The first-order valence-electron chi connectivity index (χ1n) is 18.2. The van der Waals surface area contributed by atoms with Crippen LogP contribution in [0, 0.1) is 0 Å². The number of rotatable bonds is 10. The fourth-order valence-electron chi connectivity index (χ4n) is 7.21. The molecule has 276 valence electrons. The van der Waals surface area contributed by atoms with Gasteiger partial charge in [0.2, 0.25) is 11.9 Å². The fourth-order valence-corrected chi connectivity index (χ4v) is 7.21. The fraction of sp³-hybridized carbons (Fsp3) is 0.405. The van der Waals surface area contributed by atoms with Gasteiger partial charge in [0.15, 0.2) is 0 Å². The van der Waals surface area contributed by atoms with E-state index in [1.54, 1.807) is 12.3 Å². The highest BCUT2D eigenvalue weighted by Crippen LogP contribution is 2.36. The molecule has 1 aromatic heterocycles. The second kappa shape index (κ2) is 13.8. The topological polar surface area (TPSA) is 123 Å². The Balaban J connectivity index is 0.886. The Kier molecular flexibility index (Phi) is 9.38. The van der Waals surface area contributed by atoms with Crippen molar-refractivity contribution in [3.05, 3.63) is 113 Å². The lowest BCUT2D eigenvalue weighted by Crippen LogP contribution is -2.69. The summed E-state index contributed by atoms with van der Waals surface area (Å²) in [5, 5.41) is 2.96. The molecule has 3 amide bonds. The number of alkyl carbamates (subject to hydrolysis) is 1. The van der Waals surface area contributed by atoms with E-state index in [-0.39, 0.29) is 35.8 Å². The van der Waals surface area contributed by atoms with E-state index < -0.39 is 17.2 Å². The van der Waals surface area contributed by atoms with Crippen LogP contribution in [0.1, 0.15) is 87.1 Å². The zero-order valence-corrected chi connectivity index (χ0v) is 31.2. The number of ether oxygens (including phenoxy) is 3. The average molecular weight is 718 g/mol. The number of fused-ring (bicyclic) bond motifs is 1. The number of benzene rings is 3. The van der Waals surface area contributed by atoms with E-state index in [1.165, 1.54) is 4.90 Å². The Hall–Kier alpha value is -5.45. The van der Waals surface area contributed by atoms with Crippen LogP contribution in [0.5, 0.6) is 11.5 Å². The maximum atomic E-state index is 13.0. The van der Waals surface area contributed by atoms with Crippen molar-refractivity contribution in [1.29, 1.82) is 0 Å². The van der Waals surface area contributed by atoms with E-state index in [9.17, 15) is 14.4 Å². The standard InChI is InChI=1S/C42H47N5O6/c1-40(2,3)53-39(50)45-42(6)25-46(26-42)38-43-20-19-30(44-38)24-51-32-15-11-28(12-16-32)41(4,5)29-13-17-33(18-14-29)52-34-22-31(23-34)47-36(48)21-27-9-7-8-10-35(27)37(47)49/h7-20,31,34H,21-26H2,1-6H3,(H,45,50). The van der Waals surface area contributed by atoms with Crippen molar-refractivity contribution in [3.63, 3.8) is 0 Å². The van der Waals surface area contributed by atoms with Crippen LogP contribution in [0.4, 0.5) is 10.7 Å². The van der Waals surface area contributed by atoms with Gasteiger partial charge in [-0.2, -0.15) is 0 Å². The molecule has 1 aliphatic carbocycles. The first kappa shape index (κ1) is 35.9. The van der Waals surface area contributed by atoms with E-state index in [0.29, 0.717) is 44.0 Å². The maximum absolute atomic E-state index is 13.0. The quantitative estimate of drug-likeness (QED) is 0.180. The smallest absolute Gasteiger partial charge is 0.408 e. The van der Waals surface area contributed by atoms with Gasteiger partial charge in [-0.3, -0.25) is 14.5 Å². The summed E-state index contributed by atoms with van der Waals surface area (Å²) in [5.41, 5.74) is 3.22. The van der Waals surface area contributed by atoms with Crippen molar-refractivity contribution in [1.82, 2.24) is 20.2 Å². The number of amides is 3. The van der Waals surface area contributed by atoms with Gasteiger partial charge >= 0.3 is 6.09 Å². The molecular weight excluding hydrogens is 670 g/mol. The van der Waals surface area contributed by atoms with Crippen LogP contribution in [0.2, 0.25) is 0 Å². The minimum Gasteiger partial charge on any atom is -0.490 e. The lowest BCUT2D eigenvalue weighted by Gasteiger charge is -2.48. The predicted octanol–water partition coefficient (Wildman–Crippen LogP) is 6.62. The van der Waals surface area contributed by atoms with E-state index in [1.807, 2.05) is 81.1 Å². The van der Waals surface area contributed by atoms with Gasteiger partial charge < -0.3 is 24.4 Å². The lowest BCUT2D eigenvalue weighted by atomic mass is 9.78. The van der Waals surface area contributed by atoms with Gasteiger partial charge in [0.1, 0.15) is 29.8 Å². The Bertz CT molecular complexity index is 1990. The van der Waals surface area contributed by atoms with Crippen LogP contribution in [0.25, 0.3) is 0 Å². The summed E-state index contributed by atoms with van der Waals surface area (Å²) in [7, 11) is 0. The number of imide groups is 1. The van der Waals surface area contributed by atoms with Gasteiger partial charge in [-0.15, -0.1) is 0 Å². The maximum Gasteiger partial charge on any atom is 0.408 e. The van der Waals surface area contributed by atoms with Gasteiger partial charge in [0, 0.05) is 49.1 Å². The molecule has 1 saturated carbocycles. The zero-order valence-electron chi connectivity index (χ0n) is 31.2. The molecule has 3 heterocycles. The second-order valence-electron chi connectivity index (χ2n) is 16.1. The van der Waals surface area contributed by atoms with E-state index in [2.05, 4.69) is 53.4 Å². The average Bonchev–Trinajstić information content (AvgIpc) is 3.08. The molecular formula is C42H47N5O6. The molecule has 0 unspecified atom stereocenters. The highest BCUT2D eigenvalue weighted by molar-refractivity contribution is 6.10. The van der Waals surface area contributed by atoms with Gasteiger partial charge in [-0.1, -0.05) is 56.3 Å². The van der Waals surface area contributed by atoms with Gasteiger partial charge in [0.05, 0.1) is 17.7 Å². The molecule has 1 saturated heterocycles. The second-order valence-corrected chi connectivity index (χ2v) is 16.1. The van der Waals surface area contributed by atoms with Crippen LogP contribution in [0.3, 0.4) is 0 Å². The largest absolute Gasteiger partial charge is 0.490 e. The van der Waals surface area contributed by atoms with Gasteiger partial charge in [0.25, 0.3) is 5.91 Å². The van der Waals surface area contributed by atoms with Crippen molar-refractivity contribution < 1.29 is 28.6 Å². The summed E-state index contributed by atoms with van der Waals surface area (Å²) in [5.74, 6) is 1.77. The third kappa shape index (κ3) is 7.84. The van der Waals surface area contributed by atoms with Gasteiger partial charge in [-0.05, 0) is 80.8 Å². The third-order valence-electron chi connectivity index (χ3n) is 10.2. The summed E-state index contributed by atoms with van der Waals surface area (Å²) in [6, 6.07) is 25.3. The Morgan fingerprint density at radius 3 is 2.19 bits per heavy atom. The first-order chi connectivity index (χ1) is 25.2. The number of hydrogen-bond donors (Lipinski definition) is 1. The van der Waals surface area contributed by atoms with Crippen molar-refractivity contribution in [2.45, 2.75) is 96.1 Å². The van der Waals surface area contributed by atoms with E-state index >= 15 is 0 Å². The van der Waals surface area contributed by atoms with Crippen LogP contribution in [-0.2, 0) is 28.0 Å². The molecule has 3 aliphatic rings. The number of aromatic nitrogens is 2. The molecule has 7 rings (SSSR count). The highest BCUT2D eigenvalue weighted by atomic mass is 16.6. The first-order valence-corrected chi connectivity index (χ1v) is 18.2. The minimum absolute atomic E-state index is 0.0437. The monoisotopic (exact) mass is 717 g/mol. The Labute approximate surface area is 310 Å². The summed E-state index contributed by atoms with van der Waals surface area (Å²) in [6.07, 6.45) is 2.78. The lowest BCUT2D eigenvalue weighted by molar-refractivity contribution is -0.133. The summed E-state index contributed by atoms with van der Waals surface area (Å²) in [4.78, 5) is 50.6. The van der Waals surface area contributed by atoms with Crippen molar-refractivity contribution in [2.24, 2.45) is 0 Å².